The molecule has 1 N–H and O–H groups in total. The third kappa shape index (κ3) is 6.47. The molecule has 0 amide bonds. The molecule has 106 valence electrons. The average Bonchev–Trinajstić information content (AvgIpc) is 2.28. The number of carboxylic acid groups (broad SMARTS) is 1. The van der Waals surface area contributed by atoms with Gasteiger partial charge >= 0.3 is 12.1 Å². The third-order valence-electron chi connectivity index (χ3n) is 2.76. The molecule has 0 aliphatic heterocycles. The van der Waals surface area contributed by atoms with Crippen molar-refractivity contribution in [2.45, 2.75) is 31.9 Å². The van der Waals surface area contributed by atoms with E-state index in [1.165, 1.54) is 0 Å². The maximum absolute atomic E-state index is 12.0. The molecule has 0 aliphatic carbocycles. The first kappa shape index (κ1) is 15.8. The number of rotatable bonds is 6. The number of carboxylic acids is 1. The van der Waals surface area contributed by atoms with Gasteiger partial charge in [0, 0.05) is 11.4 Å². The van der Waals surface area contributed by atoms with Crippen LogP contribution in [0.5, 0.6) is 0 Å². The topological polar surface area (TPSA) is 37.3 Å². The van der Waals surface area contributed by atoms with Crippen LogP contribution in [0.2, 0.25) is 5.02 Å². The Labute approximate surface area is 114 Å². The maximum atomic E-state index is 12.0. The van der Waals surface area contributed by atoms with Crippen LogP contribution in [0.4, 0.5) is 13.2 Å². The Bertz CT molecular complexity index is 415. The summed E-state index contributed by atoms with van der Waals surface area (Å²) >= 11 is 5.70. The number of carbonyl (C=O) groups is 1. The van der Waals surface area contributed by atoms with E-state index in [0.717, 1.165) is 5.56 Å². The summed E-state index contributed by atoms with van der Waals surface area (Å²) in [5.41, 5.74) is 0.754. The minimum atomic E-state index is -4.23. The third-order valence-corrected chi connectivity index (χ3v) is 3.01. The molecule has 0 aromatic heterocycles. The number of hydrogen-bond acceptors (Lipinski definition) is 1. The van der Waals surface area contributed by atoms with Crippen LogP contribution in [0.25, 0.3) is 0 Å². The first-order valence-corrected chi connectivity index (χ1v) is 6.20. The molecule has 6 heteroatoms. The van der Waals surface area contributed by atoms with Gasteiger partial charge in [0.05, 0.1) is 5.92 Å². The van der Waals surface area contributed by atoms with Crippen molar-refractivity contribution in [2.24, 2.45) is 5.92 Å². The molecule has 0 radical (unpaired) electrons. The molecule has 1 atom stereocenters. The van der Waals surface area contributed by atoms with E-state index in [2.05, 4.69) is 0 Å². The van der Waals surface area contributed by atoms with Gasteiger partial charge in [-0.2, -0.15) is 13.2 Å². The lowest BCUT2D eigenvalue weighted by Crippen LogP contribution is -2.17. The fraction of sp³-hybridized carbons (Fsp3) is 0.462. The van der Waals surface area contributed by atoms with Gasteiger partial charge in [0.25, 0.3) is 0 Å². The van der Waals surface area contributed by atoms with Gasteiger partial charge < -0.3 is 5.11 Å². The molecule has 1 unspecified atom stereocenters. The van der Waals surface area contributed by atoms with Crippen LogP contribution in [0.15, 0.2) is 24.3 Å². The number of benzene rings is 1. The van der Waals surface area contributed by atoms with Crippen molar-refractivity contribution in [3.63, 3.8) is 0 Å². The molecule has 1 rings (SSSR count). The minimum absolute atomic E-state index is 0.0114. The van der Waals surface area contributed by atoms with E-state index in [9.17, 15) is 18.0 Å². The highest BCUT2D eigenvalue weighted by Gasteiger charge is 2.28. The van der Waals surface area contributed by atoms with Gasteiger partial charge in [0.15, 0.2) is 0 Å². The summed E-state index contributed by atoms with van der Waals surface area (Å²) in [6, 6.07) is 6.63. The number of alkyl halides is 3. The highest BCUT2D eigenvalue weighted by Crippen LogP contribution is 2.25. The fourth-order valence-electron chi connectivity index (χ4n) is 1.77. The van der Waals surface area contributed by atoms with Crippen molar-refractivity contribution >= 4 is 17.6 Å². The van der Waals surface area contributed by atoms with Crippen LogP contribution in [-0.2, 0) is 11.2 Å². The molecule has 0 bridgehead atoms. The molecule has 0 heterocycles. The van der Waals surface area contributed by atoms with Crippen LogP contribution in [0.3, 0.4) is 0 Å². The van der Waals surface area contributed by atoms with E-state index in [0.29, 0.717) is 5.02 Å². The van der Waals surface area contributed by atoms with E-state index >= 15 is 0 Å². The quantitative estimate of drug-likeness (QED) is 0.848. The van der Waals surface area contributed by atoms with E-state index < -0.39 is 24.5 Å². The van der Waals surface area contributed by atoms with Crippen molar-refractivity contribution < 1.29 is 23.1 Å². The summed E-state index contributed by atoms with van der Waals surface area (Å²) in [5.74, 6) is -1.87. The Kier molecular flexibility index (Phi) is 5.66. The summed E-state index contributed by atoms with van der Waals surface area (Å²) in [7, 11) is 0. The van der Waals surface area contributed by atoms with E-state index in [1.54, 1.807) is 24.3 Å². The zero-order chi connectivity index (χ0) is 14.5. The fourth-order valence-corrected chi connectivity index (χ4v) is 1.89. The lowest BCUT2D eigenvalue weighted by atomic mass is 9.94. The summed E-state index contributed by atoms with van der Waals surface area (Å²) < 4.78 is 36.0. The predicted molar refractivity (Wildman–Crippen MR) is 66.2 cm³/mol. The van der Waals surface area contributed by atoms with Crippen molar-refractivity contribution in [3.8, 4) is 0 Å². The van der Waals surface area contributed by atoms with Crippen molar-refractivity contribution in [1.29, 1.82) is 0 Å². The van der Waals surface area contributed by atoms with Crippen LogP contribution >= 0.6 is 11.6 Å². The second-order valence-corrected chi connectivity index (χ2v) is 4.81. The average molecular weight is 295 g/mol. The lowest BCUT2D eigenvalue weighted by Gasteiger charge is -2.13. The molecule has 0 saturated heterocycles. The van der Waals surface area contributed by atoms with E-state index in [1.807, 2.05) is 0 Å². The van der Waals surface area contributed by atoms with E-state index in [-0.39, 0.29) is 19.3 Å². The number of hydrogen-bond donors (Lipinski definition) is 1. The molecule has 0 fully saturated rings. The Morgan fingerprint density at radius 2 is 1.84 bits per heavy atom. The summed E-state index contributed by atoms with van der Waals surface area (Å²) in [5, 5.41) is 9.55. The van der Waals surface area contributed by atoms with Crippen LogP contribution in [0, 0.1) is 5.92 Å². The minimum Gasteiger partial charge on any atom is -0.481 e. The monoisotopic (exact) mass is 294 g/mol. The summed E-state index contributed by atoms with van der Waals surface area (Å²) in [6.45, 7) is 0. The standard InChI is InChI=1S/C13H14ClF3O2/c14-11-5-3-9(4-6-11)8-10(12(18)19)2-1-7-13(15,16)17/h3-6,10H,1-2,7-8H2,(H,18,19). The number of aliphatic carboxylic acids is 1. The second-order valence-electron chi connectivity index (χ2n) is 4.37. The summed E-state index contributed by atoms with van der Waals surface area (Å²) in [4.78, 5) is 11.0. The molecule has 2 nitrogen and oxygen atoms in total. The van der Waals surface area contributed by atoms with Gasteiger partial charge in [0.2, 0.25) is 0 Å². The Hall–Kier alpha value is -1.23. The van der Waals surface area contributed by atoms with Gasteiger partial charge in [-0.15, -0.1) is 0 Å². The van der Waals surface area contributed by atoms with E-state index in [4.69, 9.17) is 16.7 Å². The molecule has 0 aliphatic rings. The van der Waals surface area contributed by atoms with Gasteiger partial charge in [-0.25, -0.2) is 0 Å². The summed E-state index contributed by atoms with van der Waals surface area (Å²) in [6.07, 6.45) is -5.13. The molecular formula is C13H14ClF3O2. The van der Waals surface area contributed by atoms with Gasteiger partial charge in [-0.1, -0.05) is 23.7 Å². The van der Waals surface area contributed by atoms with Crippen molar-refractivity contribution in [3.05, 3.63) is 34.9 Å². The van der Waals surface area contributed by atoms with Gasteiger partial charge in [-0.05, 0) is 37.0 Å². The normalized spacial score (nSPS) is 13.3. The zero-order valence-corrected chi connectivity index (χ0v) is 10.8. The number of halogens is 4. The molecular weight excluding hydrogens is 281 g/mol. The van der Waals surface area contributed by atoms with Crippen LogP contribution in [-0.4, -0.2) is 17.3 Å². The molecule has 19 heavy (non-hydrogen) atoms. The zero-order valence-electron chi connectivity index (χ0n) is 10.1. The first-order valence-electron chi connectivity index (χ1n) is 5.82. The lowest BCUT2D eigenvalue weighted by molar-refractivity contribution is -0.145. The van der Waals surface area contributed by atoms with Gasteiger partial charge in [0.1, 0.15) is 0 Å². The molecule has 1 aromatic carbocycles. The van der Waals surface area contributed by atoms with Crippen molar-refractivity contribution in [2.75, 3.05) is 0 Å². The predicted octanol–water partition coefficient (Wildman–Crippen LogP) is 4.32. The SMILES string of the molecule is O=C(O)C(CCCC(F)(F)F)Cc1ccc(Cl)cc1. The first-order chi connectivity index (χ1) is 8.78. The molecule has 0 saturated carbocycles. The van der Waals surface area contributed by atoms with Crippen LogP contribution < -0.4 is 0 Å². The molecule has 0 spiro atoms. The van der Waals surface area contributed by atoms with Gasteiger partial charge in [-0.3, -0.25) is 4.79 Å². The van der Waals surface area contributed by atoms with Crippen molar-refractivity contribution in [1.82, 2.24) is 0 Å². The van der Waals surface area contributed by atoms with Crippen LogP contribution in [0.1, 0.15) is 24.8 Å². The maximum Gasteiger partial charge on any atom is 0.389 e. The smallest absolute Gasteiger partial charge is 0.389 e. The Morgan fingerprint density at radius 1 is 1.26 bits per heavy atom. The Balaban J connectivity index is 2.53. The highest BCUT2D eigenvalue weighted by atomic mass is 35.5. The largest absolute Gasteiger partial charge is 0.481 e. The highest BCUT2D eigenvalue weighted by molar-refractivity contribution is 6.30. The second kappa shape index (κ2) is 6.80. The Morgan fingerprint density at radius 3 is 2.32 bits per heavy atom. The molecule has 1 aromatic rings.